The third-order valence-electron chi connectivity index (χ3n) is 3.87. The van der Waals surface area contributed by atoms with E-state index in [0.717, 1.165) is 10.4 Å². The summed E-state index contributed by atoms with van der Waals surface area (Å²) in [4.78, 5) is 31.0. The summed E-state index contributed by atoms with van der Waals surface area (Å²) in [5.74, 6) is -0.370. The number of nitrogens with zero attached hydrogens (tertiary/aromatic N) is 2. The van der Waals surface area contributed by atoms with Crippen LogP contribution in [-0.2, 0) is 7.05 Å². The van der Waals surface area contributed by atoms with Gasteiger partial charge in [-0.15, -0.1) is 11.3 Å². The van der Waals surface area contributed by atoms with Crippen molar-refractivity contribution in [3.8, 4) is 0 Å². The standard InChI is InChI=1S/C17H15FN2O2S2/c1-9-10(2)24-15-14(9)16(22)20(3)17(19-15)23-8-13(21)11-4-6-12(18)7-5-11/h4-7H,8H2,1-3H3. The van der Waals surface area contributed by atoms with Crippen LogP contribution in [-0.4, -0.2) is 21.1 Å². The fourth-order valence-corrected chi connectivity index (χ4v) is 4.27. The van der Waals surface area contributed by atoms with Crippen LogP contribution in [0.5, 0.6) is 0 Å². The summed E-state index contributed by atoms with van der Waals surface area (Å²) in [6.45, 7) is 3.88. The maximum atomic E-state index is 12.9. The first kappa shape index (κ1) is 16.9. The molecular weight excluding hydrogens is 347 g/mol. The van der Waals surface area contributed by atoms with Crippen LogP contribution in [0.25, 0.3) is 10.2 Å². The minimum Gasteiger partial charge on any atom is -0.293 e. The van der Waals surface area contributed by atoms with Gasteiger partial charge < -0.3 is 0 Å². The van der Waals surface area contributed by atoms with Crippen LogP contribution in [0.3, 0.4) is 0 Å². The summed E-state index contributed by atoms with van der Waals surface area (Å²) >= 11 is 2.70. The number of thioether (sulfide) groups is 1. The molecule has 0 fully saturated rings. The van der Waals surface area contributed by atoms with Crippen molar-refractivity contribution >= 4 is 39.1 Å². The minimum absolute atomic E-state index is 0.0985. The second-order valence-corrected chi connectivity index (χ2v) is 7.59. The highest BCUT2D eigenvalue weighted by Gasteiger charge is 2.16. The average Bonchev–Trinajstić information content (AvgIpc) is 2.84. The van der Waals surface area contributed by atoms with Gasteiger partial charge in [-0.2, -0.15) is 0 Å². The Labute approximate surface area is 146 Å². The highest BCUT2D eigenvalue weighted by atomic mass is 32.2. The molecule has 0 spiro atoms. The van der Waals surface area contributed by atoms with Gasteiger partial charge in [0, 0.05) is 17.5 Å². The Morgan fingerprint density at radius 3 is 2.62 bits per heavy atom. The van der Waals surface area contributed by atoms with E-state index in [4.69, 9.17) is 0 Å². The molecule has 0 aliphatic rings. The van der Waals surface area contributed by atoms with E-state index in [2.05, 4.69) is 4.98 Å². The van der Waals surface area contributed by atoms with E-state index in [1.54, 1.807) is 7.05 Å². The lowest BCUT2D eigenvalue weighted by molar-refractivity contribution is 0.102. The van der Waals surface area contributed by atoms with Crippen molar-refractivity contribution in [2.24, 2.45) is 7.05 Å². The van der Waals surface area contributed by atoms with E-state index in [0.29, 0.717) is 20.9 Å². The molecule has 0 atom stereocenters. The number of thiophene rings is 1. The molecule has 0 aliphatic heterocycles. The second kappa shape index (κ2) is 6.49. The lowest BCUT2D eigenvalue weighted by atomic mass is 10.1. The molecule has 0 bridgehead atoms. The van der Waals surface area contributed by atoms with E-state index < -0.39 is 0 Å². The van der Waals surface area contributed by atoms with Crippen LogP contribution in [0.1, 0.15) is 20.8 Å². The zero-order valence-electron chi connectivity index (χ0n) is 13.4. The first-order valence-corrected chi connectivity index (χ1v) is 9.07. The number of aromatic nitrogens is 2. The van der Waals surface area contributed by atoms with Crippen LogP contribution in [0.2, 0.25) is 0 Å². The van der Waals surface area contributed by atoms with E-state index in [1.807, 2.05) is 13.8 Å². The molecule has 0 N–H and O–H groups in total. The molecule has 7 heteroatoms. The molecule has 0 unspecified atom stereocenters. The molecule has 0 amide bonds. The second-order valence-electron chi connectivity index (χ2n) is 5.44. The minimum atomic E-state index is -0.378. The summed E-state index contributed by atoms with van der Waals surface area (Å²) in [5.41, 5.74) is 1.30. The summed E-state index contributed by atoms with van der Waals surface area (Å²) in [7, 11) is 1.66. The molecule has 3 rings (SSSR count). The predicted molar refractivity (Wildman–Crippen MR) is 95.8 cm³/mol. The molecule has 0 saturated carbocycles. The number of hydrogen-bond acceptors (Lipinski definition) is 5. The van der Waals surface area contributed by atoms with Crippen molar-refractivity contribution in [1.29, 1.82) is 0 Å². The molecular formula is C17H15FN2O2S2. The van der Waals surface area contributed by atoms with Gasteiger partial charge in [0.05, 0.1) is 11.1 Å². The number of halogens is 1. The van der Waals surface area contributed by atoms with Crippen LogP contribution in [0, 0.1) is 19.7 Å². The van der Waals surface area contributed by atoms with Crippen molar-refractivity contribution in [3.05, 3.63) is 56.4 Å². The van der Waals surface area contributed by atoms with Crippen molar-refractivity contribution in [3.63, 3.8) is 0 Å². The third-order valence-corrected chi connectivity index (χ3v) is 6.00. The maximum Gasteiger partial charge on any atom is 0.262 e. The zero-order valence-corrected chi connectivity index (χ0v) is 15.1. The number of rotatable bonds is 4. The number of hydrogen-bond donors (Lipinski definition) is 0. The molecule has 1 aromatic carbocycles. The number of carbonyl (C=O) groups excluding carboxylic acids is 1. The van der Waals surface area contributed by atoms with Gasteiger partial charge in [0.15, 0.2) is 10.9 Å². The van der Waals surface area contributed by atoms with Gasteiger partial charge in [-0.3, -0.25) is 14.2 Å². The molecule has 124 valence electrons. The number of fused-ring (bicyclic) bond motifs is 1. The predicted octanol–water partition coefficient (Wildman–Crippen LogP) is 3.73. The monoisotopic (exact) mass is 362 g/mol. The fourth-order valence-electron chi connectivity index (χ4n) is 2.33. The van der Waals surface area contributed by atoms with E-state index >= 15 is 0 Å². The lowest BCUT2D eigenvalue weighted by Gasteiger charge is -2.07. The smallest absolute Gasteiger partial charge is 0.262 e. The van der Waals surface area contributed by atoms with Gasteiger partial charge in [-0.1, -0.05) is 11.8 Å². The van der Waals surface area contributed by atoms with Gasteiger partial charge in [0.1, 0.15) is 10.6 Å². The van der Waals surface area contributed by atoms with Crippen molar-refractivity contribution < 1.29 is 9.18 Å². The van der Waals surface area contributed by atoms with Crippen molar-refractivity contribution in [2.75, 3.05) is 5.75 Å². The lowest BCUT2D eigenvalue weighted by Crippen LogP contribution is -2.20. The zero-order chi connectivity index (χ0) is 17.4. The van der Waals surface area contributed by atoms with Crippen LogP contribution < -0.4 is 5.56 Å². The van der Waals surface area contributed by atoms with Gasteiger partial charge in [-0.05, 0) is 43.7 Å². The molecule has 0 aliphatic carbocycles. The molecule has 0 radical (unpaired) electrons. The number of aryl methyl sites for hydroxylation is 2. The molecule has 2 heterocycles. The number of Topliss-reactive ketones (excluding diaryl/α,β-unsaturated/α-hetero) is 1. The quantitative estimate of drug-likeness (QED) is 0.403. The largest absolute Gasteiger partial charge is 0.293 e. The third kappa shape index (κ3) is 3.01. The Bertz CT molecular complexity index is 990. The Balaban J connectivity index is 1.88. The van der Waals surface area contributed by atoms with Crippen molar-refractivity contribution in [2.45, 2.75) is 19.0 Å². The van der Waals surface area contributed by atoms with Gasteiger partial charge in [0.2, 0.25) is 0 Å². The van der Waals surface area contributed by atoms with Crippen LogP contribution in [0.15, 0.2) is 34.2 Å². The Morgan fingerprint density at radius 2 is 1.96 bits per heavy atom. The summed E-state index contributed by atoms with van der Waals surface area (Å²) in [6.07, 6.45) is 0. The molecule has 3 aromatic rings. The normalized spacial score (nSPS) is 11.2. The fraction of sp³-hybridized carbons (Fsp3) is 0.235. The molecule has 0 saturated heterocycles. The van der Waals surface area contributed by atoms with E-state index in [9.17, 15) is 14.0 Å². The van der Waals surface area contributed by atoms with Crippen LogP contribution in [0.4, 0.5) is 4.39 Å². The molecule has 2 aromatic heterocycles. The van der Waals surface area contributed by atoms with Gasteiger partial charge in [0.25, 0.3) is 5.56 Å². The highest BCUT2D eigenvalue weighted by molar-refractivity contribution is 7.99. The van der Waals surface area contributed by atoms with Crippen LogP contribution >= 0.6 is 23.1 Å². The topological polar surface area (TPSA) is 52.0 Å². The Kier molecular flexibility index (Phi) is 4.56. The van der Waals surface area contributed by atoms with Gasteiger partial charge in [-0.25, -0.2) is 9.37 Å². The summed E-state index contributed by atoms with van der Waals surface area (Å²) in [5, 5.41) is 1.15. The Morgan fingerprint density at radius 1 is 1.29 bits per heavy atom. The Hall–Kier alpha value is -1.99. The summed E-state index contributed by atoms with van der Waals surface area (Å²) in [6, 6.07) is 5.43. The number of ketones is 1. The van der Waals surface area contributed by atoms with E-state index in [1.165, 1.54) is 51.9 Å². The summed E-state index contributed by atoms with van der Waals surface area (Å²) < 4.78 is 14.4. The van der Waals surface area contributed by atoms with Crippen molar-refractivity contribution in [1.82, 2.24) is 9.55 Å². The average molecular weight is 362 g/mol. The first-order valence-electron chi connectivity index (χ1n) is 7.26. The first-order chi connectivity index (χ1) is 11.4. The highest BCUT2D eigenvalue weighted by Crippen LogP contribution is 2.28. The maximum absolute atomic E-state index is 12.9. The van der Waals surface area contributed by atoms with E-state index in [-0.39, 0.29) is 22.9 Å². The molecule has 4 nitrogen and oxygen atoms in total. The number of benzene rings is 1. The SMILES string of the molecule is Cc1sc2nc(SCC(=O)c3ccc(F)cc3)n(C)c(=O)c2c1C. The number of carbonyl (C=O) groups is 1. The molecule has 24 heavy (non-hydrogen) atoms. The van der Waals surface area contributed by atoms with Gasteiger partial charge >= 0.3 is 0 Å².